The zero-order valence-electron chi connectivity index (χ0n) is 15.0. The van der Waals surface area contributed by atoms with E-state index >= 15 is 0 Å². The molecule has 0 bridgehead atoms. The first-order valence-electron chi connectivity index (χ1n) is 9.13. The SMILES string of the molecule is CCCCOc1ccc(C2NN=C3CCN(C)CC32)cc1OCC. The summed E-state index contributed by atoms with van der Waals surface area (Å²) in [5.41, 5.74) is 5.87. The van der Waals surface area contributed by atoms with E-state index in [0.29, 0.717) is 12.5 Å². The smallest absolute Gasteiger partial charge is 0.161 e. The van der Waals surface area contributed by atoms with E-state index in [-0.39, 0.29) is 6.04 Å². The number of hydrazone groups is 1. The summed E-state index contributed by atoms with van der Waals surface area (Å²) in [5, 5.41) is 4.58. The monoisotopic (exact) mass is 331 g/mol. The van der Waals surface area contributed by atoms with E-state index < -0.39 is 0 Å². The number of hydrogen-bond acceptors (Lipinski definition) is 5. The van der Waals surface area contributed by atoms with E-state index in [9.17, 15) is 0 Å². The Morgan fingerprint density at radius 1 is 1.25 bits per heavy atom. The van der Waals surface area contributed by atoms with Crippen molar-refractivity contribution in [1.29, 1.82) is 0 Å². The summed E-state index contributed by atoms with van der Waals surface area (Å²) in [7, 11) is 2.18. The van der Waals surface area contributed by atoms with Crippen molar-refractivity contribution in [2.24, 2.45) is 11.0 Å². The lowest BCUT2D eigenvalue weighted by Crippen LogP contribution is -2.39. The van der Waals surface area contributed by atoms with Gasteiger partial charge in [-0.2, -0.15) is 5.10 Å². The lowest BCUT2D eigenvalue weighted by Gasteiger charge is -2.31. The van der Waals surface area contributed by atoms with Crippen molar-refractivity contribution in [2.45, 2.75) is 39.2 Å². The molecule has 132 valence electrons. The van der Waals surface area contributed by atoms with Crippen molar-refractivity contribution >= 4 is 5.71 Å². The van der Waals surface area contributed by atoms with Crippen LogP contribution in [0.4, 0.5) is 0 Å². The van der Waals surface area contributed by atoms with Gasteiger partial charge in [0.15, 0.2) is 11.5 Å². The summed E-state index contributed by atoms with van der Waals surface area (Å²) < 4.78 is 11.7. The van der Waals surface area contributed by atoms with Crippen LogP contribution in [0.1, 0.15) is 44.7 Å². The highest BCUT2D eigenvalue weighted by atomic mass is 16.5. The minimum absolute atomic E-state index is 0.228. The molecule has 5 heteroatoms. The number of nitrogens with one attached hydrogen (secondary N) is 1. The summed E-state index contributed by atoms with van der Waals surface area (Å²) >= 11 is 0. The van der Waals surface area contributed by atoms with Crippen molar-refractivity contribution in [3.05, 3.63) is 23.8 Å². The number of ether oxygens (including phenoxy) is 2. The van der Waals surface area contributed by atoms with Gasteiger partial charge in [-0.15, -0.1) is 0 Å². The topological polar surface area (TPSA) is 46.1 Å². The maximum absolute atomic E-state index is 5.89. The molecule has 0 aliphatic carbocycles. The molecule has 2 heterocycles. The fourth-order valence-electron chi connectivity index (χ4n) is 3.44. The zero-order valence-corrected chi connectivity index (χ0v) is 15.0. The molecule has 1 aromatic carbocycles. The van der Waals surface area contributed by atoms with Crippen molar-refractivity contribution in [2.75, 3.05) is 33.4 Å². The van der Waals surface area contributed by atoms with E-state index in [2.05, 4.69) is 41.5 Å². The third-order valence-electron chi connectivity index (χ3n) is 4.82. The van der Waals surface area contributed by atoms with Gasteiger partial charge in [-0.25, -0.2) is 0 Å². The van der Waals surface area contributed by atoms with Gasteiger partial charge in [-0.3, -0.25) is 0 Å². The molecule has 2 atom stereocenters. The maximum Gasteiger partial charge on any atom is 0.161 e. The summed E-state index contributed by atoms with van der Waals surface area (Å²) in [6, 6.07) is 6.54. The fourth-order valence-corrected chi connectivity index (χ4v) is 3.44. The van der Waals surface area contributed by atoms with E-state index in [1.54, 1.807) is 0 Å². The number of nitrogens with zero attached hydrogens (tertiary/aromatic N) is 2. The van der Waals surface area contributed by atoms with Crippen LogP contribution in [0.25, 0.3) is 0 Å². The lowest BCUT2D eigenvalue weighted by molar-refractivity contribution is 0.267. The first-order valence-corrected chi connectivity index (χ1v) is 9.13. The van der Waals surface area contributed by atoms with Crippen LogP contribution in [0, 0.1) is 5.92 Å². The van der Waals surface area contributed by atoms with Gasteiger partial charge in [0.05, 0.1) is 19.3 Å². The molecule has 1 saturated heterocycles. The Labute approximate surface area is 145 Å². The van der Waals surface area contributed by atoms with E-state index in [4.69, 9.17) is 9.47 Å². The van der Waals surface area contributed by atoms with Gasteiger partial charge in [0, 0.05) is 31.1 Å². The molecule has 2 aliphatic heterocycles. The number of rotatable bonds is 7. The van der Waals surface area contributed by atoms with Crippen molar-refractivity contribution in [3.8, 4) is 11.5 Å². The second-order valence-corrected chi connectivity index (χ2v) is 6.67. The molecule has 0 radical (unpaired) electrons. The van der Waals surface area contributed by atoms with Gasteiger partial charge in [-0.1, -0.05) is 19.4 Å². The van der Waals surface area contributed by atoms with Gasteiger partial charge in [0.1, 0.15) is 0 Å². The predicted octanol–water partition coefficient (Wildman–Crippen LogP) is 3.22. The van der Waals surface area contributed by atoms with E-state index in [1.807, 2.05) is 13.0 Å². The predicted molar refractivity (Wildman–Crippen MR) is 96.9 cm³/mol. The number of likely N-dealkylation sites (tertiary alicyclic amines) is 1. The maximum atomic E-state index is 5.89. The quantitative estimate of drug-likeness (QED) is 0.779. The Balaban J connectivity index is 1.77. The summed E-state index contributed by atoms with van der Waals surface area (Å²) in [4.78, 5) is 2.38. The van der Waals surface area contributed by atoms with Gasteiger partial charge in [0.25, 0.3) is 0 Å². The number of unbranched alkanes of at least 4 members (excludes halogenated alkanes) is 1. The molecule has 1 fully saturated rings. The number of hydrogen-bond donors (Lipinski definition) is 1. The van der Waals surface area contributed by atoms with Gasteiger partial charge in [0.2, 0.25) is 0 Å². The van der Waals surface area contributed by atoms with Crippen molar-refractivity contribution in [1.82, 2.24) is 10.3 Å². The van der Waals surface area contributed by atoms with Crippen LogP contribution in [0.2, 0.25) is 0 Å². The number of piperidine rings is 1. The lowest BCUT2D eigenvalue weighted by atomic mass is 9.86. The van der Waals surface area contributed by atoms with Crippen LogP contribution in [0.5, 0.6) is 11.5 Å². The first kappa shape index (κ1) is 17.1. The normalized spacial score (nSPS) is 23.4. The highest BCUT2D eigenvalue weighted by molar-refractivity contribution is 5.89. The largest absolute Gasteiger partial charge is 0.490 e. The summed E-state index contributed by atoms with van der Waals surface area (Å²) in [6.45, 7) is 7.69. The van der Waals surface area contributed by atoms with Crippen LogP contribution in [0.15, 0.2) is 23.3 Å². The molecule has 0 aromatic heterocycles. The fraction of sp³-hybridized carbons (Fsp3) is 0.632. The highest BCUT2D eigenvalue weighted by Crippen LogP contribution is 2.36. The third kappa shape index (κ3) is 3.66. The molecule has 2 aliphatic rings. The molecule has 1 aromatic rings. The standard InChI is InChI=1S/C19H29N3O2/c1-4-6-11-24-17-8-7-14(12-18(17)23-5-2)19-15-13-22(3)10-9-16(15)20-21-19/h7-8,12,15,19,21H,4-6,9-11,13H2,1-3H3. The van der Waals surface area contributed by atoms with Crippen LogP contribution < -0.4 is 14.9 Å². The van der Waals surface area contributed by atoms with Crippen LogP contribution in [-0.2, 0) is 0 Å². The van der Waals surface area contributed by atoms with E-state index in [1.165, 1.54) is 11.3 Å². The first-order chi connectivity index (χ1) is 11.7. The third-order valence-corrected chi connectivity index (χ3v) is 4.82. The van der Waals surface area contributed by atoms with Gasteiger partial charge < -0.3 is 19.8 Å². The Bertz CT molecular complexity index is 588. The molecule has 1 N–H and O–H groups in total. The molecule has 0 amide bonds. The van der Waals surface area contributed by atoms with Gasteiger partial charge in [-0.05, 0) is 38.1 Å². The zero-order chi connectivity index (χ0) is 16.9. The molecular weight excluding hydrogens is 302 g/mol. The number of fused-ring (bicyclic) bond motifs is 1. The van der Waals surface area contributed by atoms with E-state index in [0.717, 1.165) is 50.5 Å². The van der Waals surface area contributed by atoms with Gasteiger partial charge >= 0.3 is 0 Å². The van der Waals surface area contributed by atoms with Crippen LogP contribution in [0.3, 0.4) is 0 Å². The molecule has 2 unspecified atom stereocenters. The molecule has 3 rings (SSSR count). The molecule has 0 spiro atoms. The molecule has 24 heavy (non-hydrogen) atoms. The Morgan fingerprint density at radius 3 is 2.92 bits per heavy atom. The Morgan fingerprint density at radius 2 is 2.12 bits per heavy atom. The minimum atomic E-state index is 0.228. The van der Waals surface area contributed by atoms with Crippen LogP contribution >= 0.6 is 0 Å². The number of benzene rings is 1. The second kappa shape index (κ2) is 7.88. The average molecular weight is 331 g/mol. The summed E-state index contributed by atoms with van der Waals surface area (Å²) in [5.74, 6) is 2.13. The average Bonchev–Trinajstić information content (AvgIpc) is 2.99. The minimum Gasteiger partial charge on any atom is -0.490 e. The Hall–Kier alpha value is -1.75. The second-order valence-electron chi connectivity index (χ2n) is 6.67. The van der Waals surface area contributed by atoms with Crippen LogP contribution in [-0.4, -0.2) is 44.0 Å². The van der Waals surface area contributed by atoms with Crippen molar-refractivity contribution < 1.29 is 9.47 Å². The molecule has 0 saturated carbocycles. The highest BCUT2D eigenvalue weighted by Gasteiger charge is 2.36. The molecular formula is C19H29N3O2. The Kier molecular flexibility index (Phi) is 5.61. The van der Waals surface area contributed by atoms with Crippen molar-refractivity contribution in [3.63, 3.8) is 0 Å². The summed E-state index contributed by atoms with van der Waals surface area (Å²) in [6.07, 6.45) is 3.24. The molecule has 5 nitrogen and oxygen atoms in total.